The molecule has 16 heavy (non-hydrogen) atoms. The molecule has 0 aromatic carbocycles. The number of hydrogen-bond donors (Lipinski definition) is 0. The van der Waals surface area contributed by atoms with Gasteiger partial charge in [-0.1, -0.05) is 6.07 Å². The topological polar surface area (TPSA) is 34.9 Å². The van der Waals surface area contributed by atoms with Crippen LogP contribution in [0.4, 0.5) is 4.39 Å². The summed E-state index contributed by atoms with van der Waals surface area (Å²) in [5, 5.41) is 0. The van der Waals surface area contributed by atoms with E-state index < -0.39 is 5.82 Å². The van der Waals surface area contributed by atoms with E-state index in [2.05, 4.69) is 4.98 Å². The molecule has 2 heterocycles. The Hall–Kier alpha value is -1.24. The number of hydrogen-bond acceptors (Lipinski definition) is 2. The van der Waals surface area contributed by atoms with Crippen molar-refractivity contribution in [3.05, 3.63) is 62.1 Å². The molecule has 2 aromatic rings. The third kappa shape index (κ3) is 2.46. The zero-order chi connectivity index (χ0) is 11.5. The maximum absolute atomic E-state index is 13.1. The molecule has 0 fully saturated rings. The maximum atomic E-state index is 13.1. The van der Waals surface area contributed by atoms with E-state index >= 15 is 0 Å². The molecule has 0 aliphatic heterocycles. The van der Waals surface area contributed by atoms with E-state index in [9.17, 15) is 9.18 Å². The van der Waals surface area contributed by atoms with Crippen LogP contribution in [0.2, 0.25) is 0 Å². The largest absolute Gasteiger partial charge is 0.306 e. The molecule has 0 atom stereocenters. The van der Waals surface area contributed by atoms with Crippen molar-refractivity contribution in [2.45, 2.75) is 6.54 Å². The normalized spacial score (nSPS) is 10.4. The second-order valence-electron chi connectivity index (χ2n) is 3.26. The van der Waals surface area contributed by atoms with Crippen molar-refractivity contribution in [2.75, 3.05) is 0 Å². The van der Waals surface area contributed by atoms with Crippen LogP contribution in [0.5, 0.6) is 0 Å². The van der Waals surface area contributed by atoms with Crippen molar-refractivity contribution in [1.29, 1.82) is 0 Å². The van der Waals surface area contributed by atoms with Crippen LogP contribution in [-0.2, 0) is 6.54 Å². The molecular formula is C11H8FIN2O. The van der Waals surface area contributed by atoms with Gasteiger partial charge in [0.1, 0.15) is 5.82 Å². The lowest BCUT2D eigenvalue weighted by atomic mass is 10.3. The minimum atomic E-state index is -0.417. The molecule has 0 bridgehead atoms. The van der Waals surface area contributed by atoms with Gasteiger partial charge in [0.15, 0.2) is 0 Å². The van der Waals surface area contributed by atoms with Crippen molar-refractivity contribution < 1.29 is 4.39 Å². The van der Waals surface area contributed by atoms with Gasteiger partial charge in [-0.25, -0.2) is 4.39 Å². The van der Waals surface area contributed by atoms with Crippen LogP contribution >= 0.6 is 22.6 Å². The smallest absolute Gasteiger partial charge is 0.264 e. The minimum absolute atomic E-state index is 0.201. The number of aromatic nitrogens is 2. The summed E-state index contributed by atoms with van der Waals surface area (Å²) in [6.07, 6.45) is 2.84. The third-order valence-electron chi connectivity index (χ3n) is 2.07. The summed E-state index contributed by atoms with van der Waals surface area (Å²) < 4.78 is 14.8. The molecule has 0 unspecified atom stereocenters. The van der Waals surface area contributed by atoms with Crippen LogP contribution in [0.15, 0.2) is 41.5 Å². The monoisotopic (exact) mass is 330 g/mol. The Bertz CT molecular complexity index is 554. The first kappa shape index (κ1) is 11.3. The first-order valence-corrected chi connectivity index (χ1v) is 5.70. The standard InChI is InChI=1S/C11H8FIN2O/c12-8-5-10(13)11(16)15(6-8)7-9-3-1-2-4-14-9/h1-6H,7H2. The van der Waals surface area contributed by atoms with E-state index in [-0.39, 0.29) is 12.1 Å². The highest BCUT2D eigenvalue weighted by Gasteiger charge is 2.05. The highest BCUT2D eigenvalue weighted by atomic mass is 127. The summed E-state index contributed by atoms with van der Waals surface area (Å²) in [7, 11) is 0. The fourth-order valence-corrected chi connectivity index (χ4v) is 1.96. The van der Waals surface area contributed by atoms with E-state index in [1.54, 1.807) is 18.3 Å². The summed E-state index contributed by atoms with van der Waals surface area (Å²) in [5.41, 5.74) is 0.527. The lowest BCUT2D eigenvalue weighted by Gasteiger charge is -2.05. The molecule has 0 saturated carbocycles. The van der Waals surface area contributed by atoms with Gasteiger partial charge in [0.05, 0.1) is 15.8 Å². The Kier molecular flexibility index (Phi) is 3.33. The minimum Gasteiger partial charge on any atom is -0.306 e. The van der Waals surface area contributed by atoms with Crippen LogP contribution in [-0.4, -0.2) is 9.55 Å². The van der Waals surface area contributed by atoms with Gasteiger partial charge in [0.2, 0.25) is 0 Å². The number of halogens is 2. The van der Waals surface area contributed by atoms with E-state index in [0.29, 0.717) is 3.57 Å². The summed E-state index contributed by atoms with van der Waals surface area (Å²) in [4.78, 5) is 15.8. The van der Waals surface area contributed by atoms with E-state index in [1.165, 1.54) is 16.8 Å². The van der Waals surface area contributed by atoms with Crippen molar-refractivity contribution >= 4 is 22.6 Å². The molecule has 0 saturated heterocycles. The average molecular weight is 330 g/mol. The number of nitrogens with zero attached hydrogens (tertiary/aromatic N) is 2. The van der Waals surface area contributed by atoms with Crippen LogP contribution in [0.1, 0.15) is 5.69 Å². The predicted octanol–water partition coefficient (Wildman–Crippen LogP) is 2.04. The Morgan fingerprint density at radius 3 is 2.94 bits per heavy atom. The average Bonchev–Trinajstić information content (AvgIpc) is 2.27. The van der Waals surface area contributed by atoms with Gasteiger partial charge < -0.3 is 4.57 Å². The molecule has 5 heteroatoms. The van der Waals surface area contributed by atoms with Gasteiger partial charge in [0, 0.05) is 12.4 Å². The zero-order valence-corrected chi connectivity index (χ0v) is 10.4. The molecule has 0 N–H and O–H groups in total. The van der Waals surface area contributed by atoms with Gasteiger partial charge in [0.25, 0.3) is 5.56 Å². The molecule has 0 aliphatic rings. The fraction of sp³-hybridized carbons (Fsp3) is 0.0909. The maximum Gasteiger partial charge on any atom is 0.264 e. The van der Waals surface area contributed by atoms with E-state index in [1.807, 2.05) is 28.7 Å². The van der Waals surface area contributed by atoms with Gasteiger partial charge in [-0.3, -0.25) is 9.78 Å². The molecule has 0 spiro atoms. The van der Waals surface area contributed by atoms with Crippen molar-refractivity contribution in [3.8, 4) is 0 Å². The van der Waals surface area contributed by atoms with Crippen LogP contribution < -0.4 is 5.56 Å². The highest BCUT2D eigenvalue weighted by Crippen LogP contribution is 2.03. The lowest BCUT2D eigenvalue weighted by Crippen LogP contribution is -2.23. The molecular weight excluding hydrogens is 322 g/mol. The van der Waals surface area contributed by atoms with Gasteiger partial charge >= 0.3 is 0 Å². The molecule has 3 nitrogen and oxygen atoms in total. The van der Waals surface area contributed by atoms with Crippen LogP contribution in [0, 0.1) is 9.39 Å². The zero-order valence-electron chi connectivity index (χ0n) is 8.23. The second-order valence-corrected chi connectivity index (χ2v) is 4.42. The van der Waals surface area contributed by atoms with Crippen molar-refractivity contribution in [3.63, 3.8) is 0 Å². The quantitative estimate of drug-likeness (QED) is 0.790. The predicted molar refractivity (Wildman–Crippen MR) is 66.7 cm³/mol. The summed E-state index contributed by atoms with van der Waals surface area (Å²) in [6, 6.07) is 6.64. The Morgan fingerprint density at radius 2 is 2.25 bits per heavy atom. The molecule has 0 aliphatic carbocycles. The Balaban J connectivity index is 2.39. The Morgan fingerprint density at radius 1 is 1.44 bits per heavy atom. The molecule has 2 rings (SSSR count). The molecule has 0 amide bonds. The third-order valence-corrected chi connectivity index (χ3v) is 2.84. The summed E-state index contributed by atoms with van der Waals surface area (Å²) >= 11 is 1.82. The highest BCUT2D eigenvalue weighted by molar-refractivity contribution is 14.1. The van der Waals surface area contributed by atoms with E-state index in [0.717, 1.165) is 5.69 Å². The van der Waals surface area contributed by atoms with Gasteiger partial charge in [-0.2, -0.15) is 0 Å². The first-order chi connectivity index (χ1) is 7.66. The number of rotatable bonds is 2. The second kappa shape index (κ2) is 4.73. The summed E-state index contributed by atoms with van der Waals surface area (Å²) in [5.74, 6) is -0.417. The molecule has 82 valence electrons. The molecule has 0 radical (unpaired) electrons. The summed E-state index contributed by atoms with van der Waals surface area (Å²) in [6.45, 7) is 0.285. The van der Waals surface area contributed by atoms with Crippen molar-refractivity contribution in [1.82, 2.24) is 9.55 Å². The SMILES string of the molecule is O=c1c(I)cc(F)cn1Cc1ccccn1. The van der Waals surface area contributed by atoms with E-state index in [4.69, 9.17) is 0 Å². The van der Waals surface area contributed by atoms with Gasteiger partial charge in [-0.05, 0) is 40.8 Å². The lowest BCUT2D eigenvalue weighted by molar-refractivity contribution is 0.591. The van der Waals surface area contributed by atoms with Gasteiger partial charge in [-0.15, -0.1) is 0 Å². The fourth-order valence-electron chi connectivity index (χ4n) is 1.35. The van der Waals surface area contributed by atoms with Crippen LogP contribution in [0.3, 0.4) is 0 Å². The Labute approximate surface area is 105 Å². The van der Waals surface area contributed by atoms with Crippen LogP contribution in [0.25, 0.3) is 0 Å². The number of pyridine rings is 2. The molecule has 2 aromatic heterocycles. The first-order valence-electron chi connectivity index (χ1n) is 4.62. The van der Waals surface area contributed by atoms with Crippen molar-refractivity contribution in [2.24, 2.45) is 0 Å².